The van der Waals surface area contributed by atoms with Gasteiger partial charge < -0.3 is 9.47 Å². The van der Waals surface area contributed by atoms with Crippen molar-refractivity contribution in [1.82, 2.24) is 13.7 Å². The maximum Gasteiger partial charge on any atom is 0.337 e. The maximum atomic E-state index is 12.4. The summed E-state index contributed by atoms with van der Waals surface area (Å²) in [6, 6.07) is 0. The molecule has 1 aliphatic heterocycles. The van der Waals surface area contributed by atoms with Crippen molar-refractivity contribution in [3.8, 4) is 0 Å². The van der Waals surface area contributed by atoms with Crippen LogP contribution in [0.1, 0.15) is 6.92 Å². The molecule has 1 aromatic heterocycles. The molecule has 1 fully saturated rings. The van der Waals surface area contributed by atoms with E-state index in [1.54, 1.807) is 0 Å². The molecule has 25 heavy (non-hydrogen) atoms. The van der Waals surface area contributed by atoms with Crippen LogP contribution in [0.3, 0.4) is 0 Å². The Balaban J connectivity index is 2.32. The van der Waals surface area contributed by atoms with Crippen LogP contribution in [0.5, 0.6) is 0 Å². The standard InChI is InChI=1S/C16H21N3O6/c1-4-6-17-13(21)18(7-5-2)15(23)19(14(17)22)8-12(20)25-11-16(3)9-24-10-16/h4-5H,1-2,6-11H2,3H3. The van der Waals surface area contributed by atoms with Crippen LogP contribution in [0.2, 0.25) is 0 Å². The fourth-order valence-electron chi connectivity index (χ4n) is 2.35. The Kier molecular flexibility index (Phi) is 5.58. The van der Waals surface area contributed by atoms with E-state index in [1.807, 2.05) is 6.92 Å². The number of carbonyl (C=O) groups excluding carboxylic acids is 1. The summed E-state index contributed by atoms with van der Waals surface area (Å²) in [5.74, 6) is -0.735. The molecule has 1 aromatic rings. The topological polar surface area (TPSA) is 102 Å². The summed E-state index contributed by atoms with van der Waals surface area (Å²) in [6.45, 7) is 9.21. The van der Waals surface area contributed by atoms with Gasteiger partial charge >= 0.3 is 23.0 Å². The molecule has 1 saturated heterocycles. The minimum atomic E-state index is -0.884. The number of esters is 1. The molecule has 0 aromatic carbocycles. The van der Waals surface area contributed by atoms with Gasteiger partial charge in [0.05, 0.1) is 26.3 Å². The first-order valence-corrected chi connectivity index (χ1v) is 7.72. The number of carbonyl (C=O) groups is 1. The van der Waals surface area contributed by atoms with Gasteiger partial charge in [-0.3, -0.25) is 4.79 Å². The van der Waals surface area contributed by atoms with Gasteiger partial charge in [0.2, 0.25) is 0 Å². The average Bonchev–Trinajstić information content (AvgIpc) is 2.56. The smallest absolute Gasteiger partial charge is 0.337 e. The van der Waals surface area contributed by atoms with E-state index in [4.69, 9.17) is 9.47 Å². The molecule has 9 heteroatoms. The zero-order valence-corrected chi connectivity index (χ0v) is 14.1. The molecule has 9 nitrogen and oxygen atoms in total. The van der Waals surface area contributed by atoms with Crippen molar-refractivity contribution < 1.29 is 14.3 Å². The highest BCUT2D eigenvalue weighted by molar-refractivity contribution is 5.69. The second-order valence-corrected chi connectivity index (χ2v) is 6.20. The highest BCUT2D eigenvalue weighted by Crippen LogP contribution is 2.26. The molecule has 0 N–H and O–H groups in total. The molecule has 0 radical (unpaired) electrons. The van der Waals surface area contributed by atoms with Crippen molar-refractivity contribution in [2.24, 2.45) is 5.41 Å². The van der Waals surface area contributed by atoms with E-state index in [0.717, 1.165) is 9.13 Å². The van der Waals surface area contributed by atoms with E-state index >= 15 is 0 Å². The van der Waals surface area contributed by atoms with Crippen LogP contribution in [-0.2, 0) is 33.9 Å². The quantitative estimate of drug-likeness (QED) is 0.445. The van der Waals surface area contributed by atoms with Crippen LogP contribution in [0, 0.1) is 5.41 Å². The third kappa shape index (κ3) is 3.87. The summed E-state index contributed by atoms with van der Waals surface area (Å²) in [4.78, 5) is 49.0. The van der Waals surface area contributed by atoms with Gasteiger partial charge in [-0.25, -0.2) is 28.1 Å². The second-order valence-electron chi connectivity index (χ2n) is 6.20. The molecule has 2 heterocycles. The van der Waals surface area contributed by atoms with Crippen LogP contribution in [0.25, 0.3) is 0 Å². The predicted octanol–water partition coefficient (Wildman–Crippen LogP) is -0.877. The molecule has 0 unspecified atom stereocenters. The summed E-state index contributed by atoms with van der Waals surface area (Å²) < 4.78 is 12.5. The normalized spacial score (nSPS) is 15.2. The first-order valence-electron chi connectivity index (χ1n) is 7.72. The van der Waals surface area contributed by atoms with Crippen molar-refractivity contribution in [2.75, 3.05) is 19.8 Å². The van der Waals surface area contributed by atoms with Crippen LogP contribution in [0.4, 0.5) is 0 Å². The van der Waals surface area contributed by atoms with Crippen molar-refractivity contribution in [3.63, 3.8) is 0 Å². The third-order valence-electron chi connectivity index (χ3n) is 3.78. The van der Waals surface area contributed by atoms with E-state index in [9.17, 15) is 19.2 Å². The Morgan fingerprint density at radius 2 is 1.56 bits per heavy atom. The number of nitrogens with zero attached hydrogens (tertiary/aromatic N) is 3. The summed E-state index contributed by atoms with van der Waals surface area (Å²) in [5.41, 5.74) is -2.79. The lowest BCUT2D eigenvalue weighted by Gasteiger charge is -2.37. The molecular weight excluding hydrogens is 330 g/mol. The van der Waals surface area contributed by atoms with Gasteiger partial charge in [0, 0.05) is 5.41 Å². The highest BCUT2D eigenvalue weighted by Gasteiger charge is 2.35. The maximum absolute atomic E-state index is 12.4. The Bertz CT molecular complexity index is 808. The highest BCUT2D eigenvalue weighted by atomic mass is 16.5. The predicted molar refractivity (Wildman–Crippen MR) is 89.5 cm³/mol. The molecule has 0 bridgehead atoms. The lowest BCUT2D eigenvalue weighted by atomic mass is 9.90. The van der Waals surface area contributed by atoms with Crippen LogP contribution >= 0.6 is 0 Å². The van der Waals surface area contributed by atoms with Crippen molar-refractivity contribution in [2.45, 2.75) is 26.6 Å². The first-order chi connectivity index (χ1) is 11.8. The van der Waals surface area contributed by atoms with Crippen molar-refractivity contribution in [3.05, 3.63) is 56.8 Å². The van der Waals surface area contributed by atoms with E-state index in [-0.39, 0.29) is 25.1 Å². The van der Waals surface area contributed by atoms with Crippen molar-refractivity contribution >= 4 is 5.97 Å². The fourth-order valence-corrected chi connectivity index (χ4v) is 2.35. The summed E-state index contributed by atoms with van der Waals surface area (Å²) in [6.07, 6.45) is 2.71. The average molecular weight is 351 g/mol. The molecule has 1 aliphatic rings. The van der Waals surface area contributed by atoms with Gasteiger partial charge in [-0.1, -0.05) is 19.1 Å². The van der Waals surface area contributed by atoms with Crippen molar-refractivity contribution in [1.29, 1.82) is 0 Å². The van der Waals surface area contributed by atoms with Crippen LogP contribution in [-0.4, -0.2) is 39.5 Å². The minimum Gasteiger partial charge on any atom is -0.464 e. The molecule has 0 atom stereocenters. The summed E-state index contributed by atoms with van der Waals surface area (Å²) in [7, 11) is 0. The Labute approximate surface area is 143 Å². The molecule has 0 saturated carbocycles. The number of allylic oxidation sites excluding steroid dienone is 2. The zero-order valence-electron chi connectivity index (χ0n) is 14.1. The molecular formula is C16H21N3O6. The van der Waals surface area contributed by atoms with Crippen LogP contribution in [0.15, 0.2) is 39.7 Å². The molecule has 136 valence electrons. The van der Waals surface area contributed by atoms with Gasteiger partial charge in [0.25, 0.3) is 0 Å². The largest absolute Gasteiger partial charge is 0.464 e. The van der Waals surface area contributed by atoms with E-state index < -0.39 is 29.6 Å². The number of ether oxygens (including phenoxy) is 2. The van der Waals surface area contributed by atoms with Gasteiger partial charge in [-0.05, 0) is 0 Å². The number of hydrogen-bond acceptors (Lipinski definition) is 6. The summed E-state index contributed by atoms with van der Waals surface area (Å²) >= 11 is 0. The third-order valence-corrected chi connectivity index (χ3v) is 3.78. The number of aromatic nitrogens is 3. The van der Waals surface area contributed by atoms with E-state index in [2.05, 4.69) is 13.2 Å². The minimum absolute atomic E-state index is 0.0838. The lowest BCUT2D eigenvalue weighted by Crippen LogP contribution is -2.55. The molecule has 0 spiro atoms. The van der Waals surface area contributed by atoms with Gasteiger partial charge in [0.1, 0.15) is 13.2 Å². The van der Waals surface area contributed by atoms with Gasteiger partial charge in [-0.2, -0.15) is 0 Å². The second kappa shape index (κ2) is 7.47. The van der Waals surface area contributed by atoms with E-state index in [1.165, 1.54) is 12.2 Å². The summed E-state index contributed by atoms with van der Waals surface area (Å²) in [5, 5.41) is 0. The van der Waals surface area contributed by atoms with Gasteiger partial charge in [0.15, 0.2) is 0 Å². The Morgan fingerprint density at radius 1 is 1.08 bits per heavy atom. The van der Waals surface area contributed by atoms with Gasteiger partial charge in [-0.15, -0.1) is 13.2 Å². The molecule has 2 rings (SSSR count). The zero-order chi connectivity index (χ0) is 18.6. The SMILES string of the molecule is C=CCn1c(=O)n(CC=C)c(=O)n(CC(=O)OCC2(C)COC2)c1=O. The van der Waals surface area contributed by atoms with Crippen LogP contribution < -0.4 is 17.1 Å². The number of hydrogen-bond donors (Lipinski definition) is 0. The first kappa shape index (κ1) is 18.7. The lowest BCUT2D eigenvalue weighted by molar-refractivity contribution is -0.165. The Hall–Kier alpha value is -2.68. The molecule has 0 aliphatic carbocycles. The monoisotopic (exact) mass is 351 g/mol. The van der Waals surface area contributed by atoms with E-state index in [0.29, 0.717) is 17.8 Å². The number of rotatable bonds is 8. The molecule has 0 amide bonds. The fraction of sp³-hybridized carbons (Fsp3) is 0.500. The Morgan fingerprint density at radius 3 is 1.96 bits per heavy atom.